The van der Waals surface area contributed by atoms with Gasteiger partial charge < -0.3 is 0 Å². The number of benzene rings is 1. The zero-order valence-electron chi connectivity index (χ0n) is 9.07. The number of hydrogen-bond donors (Lipinski definition) is 0. The first-order chi connectivity index (χ1) is 8.30. The van der Waals surface area contributed by atoms with Crippen molar-refractivity contribution in [2.45, 2.75) is 6.18 Å². The second-order valence-corrected chi connectivity index (χ2v) is 5.15. The minimum absolute atomic E-state index is 0.00327. The van der Waals surface area contributed by atoms with Crippen LogP contribution in [0.15, 0.2) is 24.3 Å². The van der Waals surface area contributed by atoms with Gasteiger partial charge in [-0.3, -0.25) is 4.57 Å². The molecule has 0 atom stereocenters. The zero-order valence-corrected chi connectivity index (χ0v) is 12.0. The number of nitrogens with zero attached hydrogens (tertiary/aromatic N) is 3. The summed E-state index contributed by atoms with van der Waals surface area (Å²) in [6, 6.07) is 6.58. The van der Waals surface area contributed by atoms with E-state index in [1.165, 1.54) is 7.05 Å². The van der Waals surface area contributed by atoms with E-state index in [4.69, 9.17) is 12.2 Å². The molecule has 0 saturated carbocycles. The second-order valence-electron chi connectivity index (χ2n) is 3.54. The topological polar surface area (TPSA) is 22.8 Å². The minimum atomic E-state index is -4.54. The molecule has 3 nitrogen and oxygen atoms in total. The number of aryl methyl sites for hydroxylation is 1. The fourth-order valence-corrected chi connectivity index (χ4v) is 2.06. The molecule has 2 rings (SSSR count). The van der Waals surface area contributed by atoms with Gasteiger partial charge in [-0.2, -0.15) is 13.2 Å². The van der Waals surface area contributed by atoms with Gasteiger partial charge in [0.15, 0.2) is 0 Å². The Morgan fingerprint density at radius 2 is 1.78 bits per heavy atom. The molecule has 18 heavy (non-hydrogen) atoms. The average molecular weight is 385 g/mol. The van der Waals surface area contributed by atoms with Crippen LogP contribution in [0.4, 0.5) is 13.2 Å². The van der Waals surface area contributed by atoms with E-state index >= 15 is 0 Å². The van der Waals surface area contributed by atoms with E-state index < -0.39 is 12.0 Å². The third kappa shape index (κ3) is 2.44. The fourth-order valence-electron chi connectivity index (χ4n) is 1.47. The number of rotatable bonds is 1. The van der Waals surface area contributed by atoms with Crippen LogP contribution < -0.4 is 0 Å². The molecule has 0 fully saturated rings. The number of alkyl halides is 3. The largest absolute Gasteiger partial charge is 0.452 e. The van der Waals surface area contributed by atoms with Crippen LogP contribution in [0.1, 0.15) is 5.82 Å². The van der Waals surface area contributed by atoms with Gasteiger partial charge in [0, 0.05) is 10.6 Å². The summed E-state index contributed by atoms with van der Waals surface area (Å²) in [4.78, 5) is 0. The maximum atomic E-state index is 12.9. The lowest BCUT2D eigenvalue weighted by Gasteiger charge is -2.09. The Hall–Kier alpha value is -0.900. The number of aromatic nitrogens is 3. The van der Waals surface area contributed by atoms with Gasteiger partial charge in [0.05, 0.1) is 5.69 Å². The molecule has 0 aliphatic heterocycles. The lowest BCUT2D eigenvalue weighted by Crippen LogP contribution is -2.14. The average Bonchev–Trinajstić information content (AvgIpc) is 2.57. The molecule has 0 bridgehead atoms. The summed E-state index contributed by atoms with van der Waals surface area (Å²) in [6.45, 7) is 0. The van der Waals surface area contributed by atoms with Crippen LogP contribution in [0.3, 0.4) is 0 Å². The van der Waals surface area contributed by atoms with Crippen LogP contribution in [0.5, 0.6) is 0 Å². The highest BCUT2D eigenvalue weighted by atomic mass is 127. The van der Waals surface area contributed by atoms with Crippen LogP contribution in [0.25, 0.3) is 5.69 Å². The van der Waals surface area contributed by atoms with Gasteiger partial charge in [0.2, 0.25) is 10.6 Å². The highest BCUT2D eigenvalue weighted by Gasteiger charge is 2.38. The van der Waals surface area contributed by atoms with E-state index in [1.54, 1.807) is 24.3 Å². The van der Waals surface area contributed by atoms with Crippen molar-refractivity contribution in [3.63, 3.8) is 0 Å². The summed E-state index contributed by atoms with van der Waals surface area (Å²) in [7, 11) is 1.39. The summed E-state index contributed by atoms with van der Waals surface area (Å²) < 4.78 is 41.5. The number of halogens is 4. The first kappa shape index (κ1) is 13.5. The molecule has 0 saturated heterocycles. The van der Waals surface area contributed by atoms with Crippen LogP contribution in [-0.2, 0) is 13.2 Å². The van der Waals surface area contributed by atoms with E-state index in [9.17, 15) is 13.2 Å². The molecule has 2 aromatic rings. The maximum Gasteiger partial charge on any atom is 0.452 e. The molecule has 96 valence electrons. The predicted molar refractivity (Wildman–Crippen MR) is 71.1 cm³/mol. The second kappa shape index (κ2) is 4.65. The molecule has 0 N–H and O–H groups in total. The third-order valence-electron chi connectivity index (χ3n) is 2.26. The Kier molecular flexibility index (Phi) is 3.49. The highest BCUT2D eigenvalue weighted by molar-refractivity contribution is 14.1. The monoisotopic (exact) mass is 385 g/mol. The summed E-state index contributed by atoms with van der Waals surface area (Å²) in [6.07, 6.45) is -4.54. The molecule has 0 radical (unpaired) electrons. The van der Waals surface area contributed by atoms with E-state index in [-0.39, 0.29) is 4.77 Å². The van der Waals surface area contributed by atoms with E-state index in [0.29, 0.717) is 5.69 Å². The Labute approximate surface area is 119 Å². The fraction of sp³-hybridized carbons (Fsp3) is 0.200. The zero-order chi connectivity index (χ0) is 13.5. The summed E-state index contributed by atoms with van der Waals surface area (Å²) >= 11 is 7.04. The maximum absolute atomic E-state index is 12.9. The van der Waals surface area contributed by atoms with Crippen LogP contribution in [0.2, 0.25) is 0 Å². The Bertz CT molecular complexity index is 627. The smallest absolute Gasteiger partial charge is 0.264 e. The van der Waals surface area contributed by atoms with Gasteiger partial charge >= 0.3 is 6.18 Å². The van der Waals surface area contributed by atoms with Crippen LogP contribution in [0, 0.1) is 8.34 Å². The molecule has 1 aromatic heterocycles. The quantitative estimate of drug-likeness (QED) is 0.554. The van der Waals surface area contributed by atoms with Crippen molar-refractivity contribution in [1.82, 2.24) is 14.3 Å². The molecule has 0 aliphatic carbocycles. The van der Waals surface area contributed by atoms with Crippen molar-refractivity contribution in [2.75, 3.05) is 0 Å². The molecular formula is C10H7F3IN3S. The highest BCUT2D eigenvalue weighted by Crippen LogP contribution is 2.30. The lowest BCUT2D eigenvalue weighted by molar-refractivity contribution is -0.146. The molecule has 1 heterocycles. The third-order valence-corrected chi connectivity index (χ3v) is 3.43. The van der Waals surface area contributed by atoms with Crippen molar-refractivity contribution in [1.29, 1.82) is 0 Å². The SMILES string of the molecule is Cn1nc(C(F)(F)F)n(-c2ccc(I)cc2)c1=S. The van der Waals surface area contributed by atoms with Gasteiger partial charge in [-0.15, -0.1) is 5.10 Å². The minimum Gasteiger partial charge on any atom is -0.264 e. The molecule has 0 amide bonds. The molecule has 0 unspecified atom stereocenters. The Balaban J connectivity index is 2.70. The van der Waals surface area contributed by atoms with E-state index in [0.717, 1.165) is 12.8 Å². The molecule has 1 aromatic carbocycles. The van der Waals surface area contributed by atoms with Gasteiger partial charge in [-0.05, 0) is 59.1 Å². The standard InChI is InChI=1S/C10H7F3IN3S/c1-16-9(18)17(8(15-16)10(11,12)13)7-4-2-6(14)3-5-7/h2-5H,1H3. The summed E-state index contributed by atoms with van der Waals surface area (Å²) in [5.74, 6) is -1.02. The Morgan fingerprint density at radius 3 is 2.28 bits per heavy atom. The van der Waals surface area contributed by atoms with Gasteiger partial charge in [0.25, 0.3) is 0 Å². The van der Waals surface area contributed by atoms with Crippen molar-refractivity contribution in [3.05, 3.63) is 38.4 Å². The lowest BCUT2D eigenvalue weighted by atomic mass is 10.3. The summed E-state index contributed by atoms with van der Waals surface area (Å²) in [5, 5.41) is 3.43. The Morgan fingerprint density at radius 1 is 1.22 bits per heavy atom. The molecular weight excluding hydrogens is 378 g/mol. The van der Waals surface area contributed by atoms with Gasteiger partial charge in [0.1, 0.15) is 0 Å². The first-order valence-corrected chi connectivity index (χ1v) is 6.28. The van der Waals surface area contributed by atoms with E-state index in [1.807, 2.05) is 0 Å². The van der Waals surface area contributed by atoms with Crippen molar-refractivity contribution < 1.29 is 13.2 Å². The predicted octanol–water partition coefficient (Wildman–Crippen LogP) is 3.56. The van der Waals surface area contributed by atoms with Crippen LogP contribution in [-0.4, -0.2) is 14.3 Å². The van der Waals surface area contributed by atoms with Crippen molar-refractivity contribution in [3.8, 4) is 5.69 Å². The summed E-state index contributed by atoms with van der Waals surface area (Å²) in [5.41, 5.74) is 0.348. The molecule has 0 spiro atoms. The van der Waals surface area contributed by atoms with Crippen molar-refractivity contribution >= 4 is 34.8 Å². The van der Waals surface area contributed by atoms with E-state index in [2.05, 4.69) is 27.7 Å². The normalized spacial score (nSPS) is 11.8. The molecule has 8 heteroatoms. The molecule has 0 aliphatic rings. The number of hydrogen-bond acceptors (Lipinski definition) is 2. The first-order valence-electron chi connectivity index (χ1n) is 4.80. The van der Waals surface area contributed by atoms with Crippen molar-refractivity contribution in [2.24, 2.45) is 7.05 Å². The van der Waals surface area contributed by atoms with Gasteiger partial charge in [-0.25, -0.2) is 4.68 Å². The van der Waals surface area contributed by atoms with Gasteiger partial charge in [-0.1, -0.05) is 0 Å². The van der Waals surface area contributed by atoms with Crippen LogP contribution >= 0.6 is 34.8 Å².